The van der Waals surface area contributed by atoms with E-state index in [9.17, 15) is 9.59 Å². The molecule has 6 heteroatoms. The lowest BCUT2D eigenvalue weighted by molar-refractivity contribution is -0.122. The summed E-state index contributed by atoms with van der Waals surface area (Å²) in [7, 11) is 0. The molecule has 3 amide bonds. The Hall–Kier alpha value is -2.24. The van der Waals surface area contributed by atoms with Gasteiger partial charge in [-0.1, -0.05) is 19.1 Å². The molecule has 0 aliphatic carbocycles. The molecule has 0 saturated carbocycles. The number of rotatable bonds is 7. The number of imide groups is 1. The molecule has 0 spiro atoms. The van der Waals surface area contributed by atoms with E-state index in [1.807, 2.05) is 19.9 Å². The summed E-state index contributed by atoms with van der Waals surface area (Å²) in [4.78, 5) is 22.8. The van der Waals surface area contributed by atoms with Gasteiger partial charge in [-0.2, -0.15) is 0 Å². The average Bonchev–Trinajstić information content (AvgIpc) is 2.44. The number of urea groups is 1. The van der Waals surface area contributed by atoms with Crippen molar-refractivity contribution in [3.8, 4) is 11.5 Å². The summed E-state index contributed by atoms with van der Waals surface area (Å²) in [6.45, 7) is 4.57. The molecule has 6 nitrogen and oxygen atoms in total. The summed E-state index contributed by atoms with van der Waals surface area (Å²) in [5.74, 6) is 0.529. The second-order valence-electron chi connectivity index (χ2n) is 3.97. The zero-order valence-electron chi connectivity index (χ0n) is 11.8. The molecule has 1 aromatic rings. The summed E-state index contributed by atoms with van der Waals surface area (Å²) in [5, 5.41) is 4.72. The van der Waals surface area contributed by atoms with Gasteiger partial charge < -0.3 is 14.8 Å². The number of para-hydroxylation sites is 2. The van der Waals surface area contributed by atoms with Crippen LogP contribution in [0.5, 0.6) is 11.5 Å². The number of hydrogen-bond acceptors (Lipinski definition) is 4. The predicted molar refractivity (Wildman–Crippen MR) is 74.9 cm³/mol. The topological polar surface area (TPSA) is 76.7 Å². The van der Waals surface area contributed by atoms with Crippen molar-refractivity contribution in [3.63, 3.8) is 0 Å². The molecular weight excluding hydrogens is 260 g/mol. The highest BCUT2D eigenvalue weighted by molar-refractivity contribution is 5.94. The third-order valence-electron chi connectivity index (χ3n) is 2.30. The van der Waals surface area contributed by atoms with Gasteiger partial charge in [-0.25, -0.2) is 4.79 Å². The molecule has 1 aromatic carbocycles. The van der Waals surface area contributed by atoms with Crippen molar-refractivity contribution in [2.75, 3.05) is 19.8 Å². The van der Waals surface area contributed by atoms with Gasteiger partial charge in [0.1, 0.15) is 0 Å². The Balaban J connectivity index is 2.42. The first-order chi connectivity index (χ1) is 9.67. The molecule has 0 aromatic heterocycles. The van der Waals surface area contributed by atoms with Crippen molar-refractivity contribution in [2.45, 2.75) is 20.3 Å². The van der Waals surface area contributed by atoms with E-state index in [1.54, 1.807) is 18.2 Å². The van der Waals surface area contributed by atoms with Crippen LogP contribution >= 0.6 is 0 Å². The zero-order chi connectivity index (χ0) is 14.8. The molecule has 0 saturated heterocycles. The van der Waals surface area contributed by atoms with Gasteiger partial charge in [-0.3, -0.25) is 10.1 Å². The first kappa shape index (κ1) is 15.8. The number of carbonyl (C=O) groups is 2. The number of ether oxygens (including phenoxy) is 2. The van der Waals surface area contributed by atoms with Crippen LogP contribution in [0.3, 0.4) is 0 Å². The monoisotopic (exact) mass is 280 g/mol. The Kier molecular flexibility index (Phi) is 6.95. The molecule has 0 radical (unpaired) electrons. The highest BCUT2D eigenvalue weighted by atomic mass is 16.5. The van der Waals surface area contributed by atoms with Gasteiger partial charge in [0.05, 0.1) is 6.61 Å². The van der Waals surface area contributed by atoms with Gasteiger partial charge in [-0.15, -0.1) is 0 Å². The van der Waals surface area contributed by atoms with Crippen LogP contribution in [0.1, 0.15) is 20.3 Å². The Labute approximate surface area is 118 Å². The van der Waals surface area contributed by atoms with Crippen LogP contribution in [0, 0.1) is 0 Å². The van der Waals surface area contributed by atoms with E-state index in [4.69, 9.17) is 9.47 Å². The fraction of sp³-hybridized carbons (Fsp3) is 0.429. The summed E-state index contributed by atoms with van der Waals surface area (Å²) >= 11 is 0. The van der Waals surface area contributed by atoms with Gasteiger partial charge in [0.2, 0.25) is 0 Å². The maximum Gasteiger partial charge on any atom is 0.321 e. The van der Waals surface area contributed by atoms with E-state index in [1.165, 1.54) is 0 Å². The van der Waals surface area contributed by atoms with Crippen LogP contribution in [-0.2, 0) is 4.79 Å². The van der Waals surface area contributed by atoms with Crippen molar-refractivity contribution in [1.82, 2.24) is 10.6 Å². The molecule has 0 aliphatic rings. The molecule has 20 heavy (non-hydrogen) atoms. The molecular formula is C14H20N2O4. The number of benzene rings is 1. The van der Waals surface area contributed by atoms with Crippen molar-refractivity contribution in [2.24, 2.45) is 0 Å². The molecule has 0 heterocycles. The van der Waals surface area contributed by atoms with Crippen LogP contribution in [0.15, 0.2) is 24.3 Å². The van der Waals surface area contributed by atoms with Crippen LogP contribution < -0.4 is 20.1 Å². The third-order valence-corrected chi connectivity index (χ3v) is 2.30. The van der Waals surface area contributed by atoms with Gasteiger partial charge in [0, 0.05) is 6.54 Å². The fourth-order valence-electron chi connectivity index (χ4n) is 1.43. The summed E-state index contributed by atoms with van der Waals surface area (Å²) in [6.07, 6.45) is 0.805. The third kappa shape index (κ3) is 5.60. The maximum absolute atomic E-state index is 11.5. The average molecular weight is 280 g/mol. The summed E-state index contributed by atoms with van der Waals surface area (Å²) in [6, 6.07) is 6.54. The molecule has 2 N–H and O–H groups in total. The maximum atomic E-state index is 11.5. The van der Waals surface area contributed by atoms with Crippen molar-refractivity contribution in [3.05, 3.63) is 24.3 Å². The predicted octanol–water partition coefficient (Wildman–Crippen LogP) is 1.70. The van der Waals surface area contributed by atoms with E-state index in [0.717, 1.165) is 6.42 Å². The molecule has 0 aliphatic heterocycles. The molecule has 0 atom stereocenters. The lowest BCUT2D eigenvalue weighted by Crippen LogP contribution is -2.41. The highest BCUT2D eigenvalue weighted by Crippen LogP contribution is 2.26. The van der Waals surface area contributed by atoms with Crippen LogP contribution in [-0.4, -0.2) is 31.7 Å². The van der Waals surface area contributed by atoms with E-state index < -0.39 is 11.9 Å². The first-order valence-electron chi connectivity index (χ1n) is 6.59. The molecule has 110 valence electrons. The first-order valence-corrected chi connectivity index (χ1v) is 6.59. The van der Waals surface area contributed by atoms with E-state index in [2.05, 4.69) is 10.6 Å². The van der Waals surface area contributed by atoms with E-state index in [0.29, 0.717) is 24.7 Å². The number of amides is 3. The zero-order valence-corrected chi connectivity index (χ0v) is 11.8. The quantitative estimate of drug-likeness (QED) is 0.797. The highest BCUT2D eigenvalue weighted by Gasteiger charge is 2.09. The lowest BCUT2D eigenvalue weighted by atomic mass is 10.3. The van der Waals surface area contributed by atoms with Gasteiger partial charge in [-0.05, 0) is 25.5 Å². The molecule has 1 rings (SSSR count). The largest absolute Gasteiger partial charge is 0.490 e. The lowest BCUT2D eigenvalue weighted by Gasteiger charge is -2.11. The van der Waals surface area contributed by atoms with Gasteiger partial charge >= 0.3 is 6.03 Å². The molecule has 0 unspecified atom stereocenters. The summed E-state index contributed by atoms with van der Waals surface area (Å²) < 4.78 is 10.7. The van der Waals surface area contributed by atoms with Crippen LogP contribution in [0.2, 0.25) is 0 Å². The van der Waals surface area contributed by atoms with Crippen LogP contribution in [0.25, 0.3) is 0 Å². The smallest absolute Gasteiger partial charge is 0.321 e. The Bertz CT molecular complexity index is 449. The Morgan fingerprint density at radius 1 is 1.10 bits per heavy atom. The van der Waals surface area contributed by atoms with Gasteiger partial charge in [0.15, 0.2) is 18.1 Å². The SMILES string of the molecule is CCCNC(=O)NC(=O)COc1ccccc1OCC. The standard InChI is InChI=1S/C14H20N2O4/c1-3-9-15-14(18)16-13(17)10-20-12-8-6-5-7-11(12)19-4-2/h5-8H,3-4,9-10H2,1-2H3,(H2,15,16,17,18). The summed E-state index contributed by atoms with van der Waals surface area (Å²) in [5.41, 5.74) is 0. The minimum absolute atomic E-state index is 0.246. The Morgan fingerprint density at radius 2 is 1.75 bits per heavy atom. The van der Waals surface area contributed by atoms with Crippen molar-refractivity contribution < 1.29 is 19.1 Å². The van der Waals surface area contributed by atoms with Crippen molar-refractivity contribution in [1.29, 1.82) is 0 Å². The second-order valence-corrected chi connectivity index (χ2v) is 3.97. The number of nitrogens with one attached hydrogen (secondary N) is 2. The number of hydrogen-bond donors (Lipinski definition) is 2. The minimum Gasteiger partial charge on any atom is -0.490 e. The van der Waals surface area contributed by atoms with Crippen LogP contribution in [0.4, 0.5) is 4.79 Å². The molecule has 0 fully saturated rings. The Morgan fingerprint density at radius 3 is 2.35 bits per heavy atom. The minimum atomic E-state index is -0.515. The van der Waals surface area contributed by atoms with E-state index >= 15 is 0 Å². The molecule has 0 bridgehead atoms. The normalized spacial score (nSPS) is 9.70. The van der Waals surface area contributed by atoms with E-state index in [-0.39, 0.29) is 6.61 Å². The number of carbonyl (C=O) groups excluding carboxylic acids is 2. The van der Waals surface area contributed by atoms with Crippen molar-refractivity contribution >= 4 is 11.9 Å². The second kappa shape index (κ2) is 8.79. The van der Waals surface area contributed by atoms with Gasteiger partial charge in [0.25, 0.3) is 5.91 Å². The fourth-order valence-corrected chi connectivity index (χ4v) is 1.43.